The molecule has 8 heteroatoms. The van der Waals surface area contributed by atoms with Crippen LogP contribution >= 0.6 is 0 Å². The van der Waals surface area contributed by atoms with Crippen molar-refractivity contribution in [3.63, 3.8) is 0 Å². The zero-order valence-corrected chi connectivity index (χ0v) is 19.7. The number of carbonyl (C=O) groups is 2. The fourth-order valence-corrected chi connectivity index (χ4v) is 4.69. The normalized spacial score (nSPS) is 17.5. The van der Waals surface area contributed by atoms with Gasteiger partial charge >= 0.3 is 0 Å². The monoisotopic (exact) mass is 468 g/mol. The molecule has 0 atom stereocenters. The number of piperazine rings is 1. The van der Waals surface area contributed by atoms with E-state index in [1.807, 2.05) is 18.2 Å². The van der Waals surface area contributed by atoms with Gasteiger partial charge in [-0.05, 0) is 42.7 Å². The first-order chi connectivity index (χ1) is 16.5. The van der Waals surface area contributed by atoms with E-state index in [0.29, 0.717) is 17.8 Å². The fourth-order valence-electron chi connectivity index (χ4n) is 4.69. The Balaban J connectivity index is 1.25. The number of nitrogens with zero attached hydrogens (tertiary/aromatic N) is 2. The molecule has 1 saturated carbocycles. The Morgan fingerprint density at radius 1 is 1.03 bits per heavy atom. The van der Waals surface area contributed by atoms with E-state index in [2.05, 4.69) is 20.4 Å². The van der Waals surface area contributed by atoms with Crippen LogP contribution in [0.3, 0.4) is 0 Å². The Labute approximate surface area is 200 Å². The number of para-hydroxylation sites is 1. The summed E-state index contributed by atoms with van der Waals surface area (Å²) >= 11 is 0. The summed E-state index contributed by atoms with van der Waals surface area (Å²) in [7, 11) is 1.46. The highest BCUT2D eigenvalue weighted by Gasteiger charge is 2.22. The van der Waals surface area contributed by atoms with Gasteiger partial charge in [-0.1, -0.05) is 31.0 Å². The SMILES string of the molecule is COc1ccc(CN2CCN(CC(=O)Nc3ccccc3C(=O)NC3CCCC3)CC2)cc1F. The van der Waals surface area contributed by atoms with E-state index >= 15 is 0 Å². The van der Waals surface area contributed by atoms with Crippen LogP contribution in [0.4, 0.5) is 10.1 Å². The maximum Gasteiger partial charge on any atom is 0.253 e. The maximum absolute atomic E-state index is 13.9. The first-order valence-corrected chi connectivity index (χ1v) is 12.0. The molecule has 4 rings (SSSR count). The van der Waals surface area contributed by atoms with Crippen molar-refractivity contribution < 1.29 is 18.7 Å². The molecule has 0 aromatic heterocycles. The van der Waals surface area contributed by atoms with E-state index in [1.54, 1.807) is 18.2 Å². The van der Waals surface area contributed by atoms with Crippen molar-refractivity contribution in [2.45, 2.75) is 38.3 Å². The van der Waals surface area contributed by atoms with Gasteiger partial charge in [0.2, 0.25) is 5.91 Å². The Bertz CT molecular complexity index is 1000. The lowest BCUT2D eigenvalue weighted by atomic mass is 10.1. The van der Waals surface area contributed by atoms with Crippen LogP contribution in [0.1, 0.15) is 41.6 Å². The number of benzene rings is 2. The number of rotatable bonds is 8. The van der Waals surface area contributed by atoms with Crippen LogP contribution in [0.2, 0.25) is 0 Å². The van der Waals surface area contributed by atoms with Gasteiger partial charge in [-0.3, -0.25) is 19.4 Å². The lowest BCUT2D eigenvalue weighted by molar-refractivity contribution is -0.117. The van der Waals surface area contributed by atoms with Crippen LogP contribution in [0, 0.1) is 5.82 Å². The average molecular weight is 469 g/mol. The minimum absolute atomic E-state index is 0.133. The number of ether oxygens (including phenoxy) is 1. The summed E-state index contributed by atoms with van der Waals surface area (Å²) < 4.78 is 18.9. The molecule has 2 N–H and O–H groups in total. The molecule has 1 saturated heterocycles. The second kappa shape index (κ2) is 11.4. The standard InChI is InChI=1S/C26H33FN4O3/c1-34-24-11-10-19(16-22(24)27)17-30-12-14-31(15-13-30)18-25(32)29-23-9-5-4-8-21(23)26(33)28-20-6-2-3-7-20/h4-5,8-11,16,20H,2-3,6-7,12-15,17-18H2,1H3,(H,28,33)(H,29,32). The molecular weight excluding hydrogens is 435 g/mol. The second-order valence-corrected chi connectivity index (χ2v) is 9.07. The minimum Gasteiger partial charge on any atom is -0.494 e. The van der Waals surface area contributed by atoms with Crippen LogP contribution in [0.15, 0.2) is 42.5 Å². The third-order valence-electron chi connectivity index (χ3n) is 6.59. The molecule has 1 aliphatic carbocycles. The molecule has 1 aliphatic heterocycles. The molecule has 34 heavy (non-hydrogen) atoms. The summed E-state index contributed by atoms with van der Waals surface area (Å²) in [4.78, 5) is 29.8. The Kier molecular flexibility index (Phi) is 8.13. The van der Waals surface area contributed by atoms with E-state index in [9.17, 15) is 14.0 Å². The van der Waals surface area contributed by atoms with Crippen molar-refractivity contribution >= 4 is 17.5 Å². The number of carbonyl (C=O) groups excluding carboxylic acids is 2. The van der Waals surface area contributed by atoms with Crippen LogP contribution in [0.5, 0.6) is 5.75 Å². The molecule has 182 valence electrons. The van der Waals surface area contributed by atoms with Crippen molar-refractivity contribution in [1.29, 1.82) is 0 Å². The lowest BCUT2D eigenvalue weighted by Crippen LogP contribution is -2.48. The molecule has 2 aromatic rings. The Hall–Kier alpha value is -2.97. The average Bonchev–Trinajstić information content (AvgIpc) is 3.34. The summed E-state index contributed by atoms with van der Waals surface area (Å²) in [6.07, 6.45) is 4.32. The van der Waals surface area contributed by atoms with Crippen LogP contribution in [-0.2, 0) is 11.3 Å². The number of methoxy groups -OCH3 is 1. The Morgan fingerprint density at radius 2 is 1.74 bits per heavy atom. The fraction of sp³-hybridized carbons (Fsp3) is 0.462. The number of anilines is 1. The number of hydrogen-bond donors (Lipinski definition) is 2. The number of nitrogens with one attached hydrogen (secondary N) is 2. The van der Waals surface area contributed by atoms with Gasteiger partial charge in [-0.25, -0.2) is 4.39 Å². The van der Waals surface area contributed by atoms with Gasteiger partial charge in [-0.15, -0.1) is 0 Å². The molecule has 0 spiro atoms. The summed E-state index contributed by atoms with van der Waals surface area (Å²) in [5.74, 6) is -0.372. The largest absolute Gasteiger partial charge is 0.494 e. The van der Waals surface area contributed by atoms with Gasteiger partial charge in [0.15, 0.2) is 11.6 Å². The third kappa shape index (κ3) is 6.33. The predicted molar refractivity (Wildman–Crippen MR) is 129 cm³/mol. The van der Waals surface area contributed by atoms with E-state index in [4.69, 9.17) is 4.74 Å². The molecule has 2 amide bonds. The molecule has 2 aliphatic rings. The van der Waals surface area contributed by atoms with Crippen molar-refractivity contribution in [1.82, 2.24) is 15.1 Å². The van der Waals surface area contributed by atoms with Gasteiger partial charge in [0.25, 0.3) is 5.91 Å². The molecule has 7 nitrogen and oxygen atoms in total. The van der Waals surface area contributed by atoms with E-state index in [1.165, 1.54) is 13.2 Å². The summed E-state index contributed by atoms with van der Waals surface area (Å²) in [6, 6.07) is 12.4. The lowest BCUT2D eigenvalue weighted by Gasteiger charge is -2.34. The van der Waals surface area contributed by atoms with Crippen LogP contribution in [0.25, 0.3) is 0 Å². The van der Waals surface area contributed by atoms with E-state index in [-0.39, 0.29) is 36.0 Å². The molecular formula is C26H33FN4O3. The first kappa shape index (κ1) is 24.2. The molecule has 0 unspecified atom stereocenters. The molecule has 0 radical (unpaired) electrons. The van der Waals surface area contributed by atoms with E-state index < -0.39 is 0 Å². The summed E-state index contributed by atoms with van der Waals surface area (Å²) in [5.41, 5.74) is 1.94. The molecule has 0 bridgehead atoms. The number of amides is 2. The topological polar surface area (TPSA) is 73.9 Å². The van der Waals surface area contributed by atoms with Crippen LogP contribution < -0.4 is 15.4 Å². The Morgan fingerprint density at radius 3 is 2.44 bits per heavy atom. The summed E-state index contributed by atoms with van der Waals surface area (Å²) in [6.45, 7) is 4.00. The number of hydrogen-bond acceptors (Lipinski definition) is 5. The van der Waals surface area contributed by atoms with Gasteiger partial charge in [0, 0.05) is 38.8 Å². The third-order valence-corrected chi connectivity index (χ3v) is 6.59. The summed E-state index contributed by atoms with van der Waals surface area (Å²) in [5, 5.41) is 6.01. The van der Waals surface area contributed by atoms with Gasteiger partial charge in [-0.2, -0.15) is 0 Å². The minimum atomic E-state index is -0.354. The quantitative estimate of drug-likeness (QED) is 0.622. The highest BCUT2D eigenvalue weighted by atomic mass is 19.1. The van der Waals surface area contributed by atoms with Crippen molar-refractivity contribution in [3.05, 3.63) is 59.4 Å². The van der Waals surface area contributed by atoms with Crippen LogP contribution in [-0.4, -0.2) is 67.5 Å². The van der Waals surface area contributed by atoms with E-state index in [0.717, 1.165) is 57.4 Å². The van der Waals surface area contributed by atoms with Gasteiger partial charge in [0.05, 0.1) is 24.9 Å². The molecule has 2 aromatic carbocycles. The predicted octanol–water partition coefficient (Wildman–Crippen LogP) is 3.26. The van der Waals surface area contributed by atoms with Gasteiger partial charge in [0.1, 0.15) is 0 Å². The smallest absolute Gasteiger partial charge is 0.253 e. The highest BCUT2D eigenvalue weighted by Crippen LogP contribution is 2.21. The van der Waals surface area contributed by atoms with Crippen molar-refractivity contribution in [3.8, 4) is 5.75 Å². The van der Waals surface area contributed by atoms with Gasteiger partial charge < -0.3 is 15.4 Å². The molecule has 1 heterocycles. The first-order valence-electron chi connectivity index (χ1n) is 12.0. The van der Waals surface area contributed by atoms with Crippen molar-refractivity contribution in [2.75, 3.05) is 45.2 Å². The zero-order valence-electron chi connectivity index (χ0n) is 19.7. The molecule has 2 fully saturated rings. The highest BCUT2D eigenvalue weighted by molar-refractivity contribution is 6.04. The second-order valence-electron chi connectivity index (χ2n) is 9.07. The number of halogens is 1. The maximum atomic E-state index is 13.9. The van der Waals surface area contributed by atoms with Crippen molar-refractivity contribution in [2.24, 2.45) is 0 Å². The zero-order chi connectivity index (χ0) is 23.9.